The molecule has 1 N–H and O–H groups in total. The van der Waals surface area contributed by atoms with E-state index in [1.165, 1.54) is 0 Å². The summed E-state index contributed by atoms with van der Waals surface area (Å²) >= 11 is 0. The van der Waals surface area contributed by atoms with Gasteiger partial charge in [-0.25, -0.2) is 13.1 Å². The minimum Gasteiger partial charge on any atom is -0.270 e. The minimum atomic E-state index is -3.51. The van der Waals surface area contributed by atoms with E-state index in [0.29, 0.717) is 4.90 Å². The highest BCUT2D eigenvalue weighted by Crippen LogP contribution is 2.17. The molecule has 21 heavy (non-hydrogen) atoms. The molecule has 0 atom stereocenters. The SMILES string of the molecule is CCn1ncc(CNS(=O)(=O)c2ccc(C)cc2C)c1C. The van der Waals surface area contributed by atoms with Crippen molar-refractivity contribution in [3.63, 3.8) is 0 Å². The fourth-order valence-corrected chi connectivity index (χ4v) is 3.56. The third kappa shape index (κ3) is 3.33. The van der Waals surface area contributed by atoms with E-state index in [0.717, 1.165) is 28.9 Å². The molecule has 0 amide bonds. The molecule has 0 unspecified atom stereocenters. The van der Waals surface area contributed by atoms with Gasteiger partial charge in [-0.3, -0.25) is 4.68 Å². The topological polar surface area (TPSA) is 64.0 Å². The maximum atomic E-state index is 12.4. The Kier molecular flexibility index (Phi) is 4.49. The first kappa shape index (κ1) is 15.7. The maximum Gasteiger partial charge on any atom is 0.241 e. The van der Waals surface area contributed by atoms with Crippen LogP contribution in [0.5, 0.6) is 0 Å². The third-order valence-corrected chi connectivity index (χ3v) is 5.14. The molecule has 114 valence electrons. The van der Waals surface area contributed by atoms with E-state index in [-0.39, 0.29) is 6.54 Å². The number of nitrogens with one attached hydrogen (secondary N) is 1. The van der Waals surface area contributed by atoms with Crippen molar-refractivity contribution in [2.45, 2.75) is 45.7 Å². The van der Waals surface area contributed by atoms with Crippen molar-refractivity contribution in [3.8, 4) is 0 Å². The Hall–Kier alpha value is -1.66. The first-order chi connectivity index (χ1) is 9.85. The standard InChI is InChI=1S/C15H21N3O2S/c1-5-18-13(4)14(9-16-18)10-17-21(19,20)15-7-6-11(2)8-12(15)3/h6-9,17H,5,10H2,1-4H3. The Morgan fingerprint density at radius 1 is 1.24 bits per heavy atom. The van der Waals surface area contributed by atoms with Crippen LogP contribution in [0.25, 0.3) is 0 Å². The first-order valence-electron chi connectivity index (χ1n) is 6.93. The summed E-state index contributed by atoms with van der Waals surface area (Å²) < 4.78 is 29.3. The summed E-state index contributed by atoms with van der Waals surface area (Å²) in [5, 5.41) is 4.22. The fraction of sp³-hybridized carbons (Fsp3) is 0.400. The van der Waals surface area contributed by atoms with Crippen LogP contribution in [0.4, 0.5) is 0 Å². The van der Waals surface area contributed by atoms with Gasteiger partial charge in [-0.1, -0.05) is 17.7 Å². The number of aryl methyl sites for hydroxylation is 3. The molecule has 2 rings (SSSR count). The van der Waals surface area contributed by atoms with Gasteiger partial charge in [0.15, 0.2) is 0 Å². The van der Waals surface area contributed by atoms with Crippen molar-refractivity contribution in [2.75, 3.05) is 0 Å². The van der Waals surface area contributed by atoms with Gasteiger partial charge in [-0.15, -0.1) is 0 Å². The van der Waals surface area contributed by atoms with E-state index in [1.807, 2.05) is 44.5 Å². The zero-order valence-electron chi connectivity index (χ0n) is 12.8. The van der Waals surface area contributed by atoms with Gasteiger partial charge in [0.05, 0.1) is 11.1 Å². The lowest BCUT2D eigenvalue weighted by atomic mass is 10.2. The second kappa shape index (κ2) is 5.99. The van der Waals surface area contributed by atoms with E-state index in [1.54, 1.807) is 12.3 Å². The monoisotopic (exact) mass is 307 g/mol. The van der Waals surface area contributed by atoms with Gasteiger partial charge in [0.25, 0.3) is 0 Å². The second-order valence-electron chi connectivity index (χ2n) is 5.16. The lowest BCUT2D eigenvalue weighted by molar-refractivity contribution is 0.580. The van der Waals surface area contributed by atoms with E-state index >= 15 is 0 Å². The van der Waals surface area contributed by atoms with Crippen LogP contribution in [0.3, 0.4) is 0 Å². The Bertz CT molecular complexity index is 748. The largest absolute Gasteiger partial charge is 0.270 e. The van der Waals surface area contributed by atoms with Crippen LogP contribution in [0.15, 0.2) is 29.3 Å². The molecule has 0 fully saturated rings. The van der Waals surface area contributed by atoms with E-state index in [2.05, 4.69) is 9.82 Å². The summed E-state index contributed by atoms with van der Waals surface area (Å²) in [5.41, 5.74) is 3.68. The third-order valence-electron chi connectivity index (χ3n) is 3.58. The fourth-order valence-electron chi connectivity index (χ4n) is 2.33. The van der Waals surface area contributed by atoms with Crippen LogP contribution in [0, 0.1) is 20.8 Å². The van der Waals surface area contributed by atoms with Crippen molar-refractivity contribution in [1.29, 1.82) is 0 Å². The van der Waals surface area contributed by atoms with Gasteiger partial charge in [0.1, 0.15) is 0 Å². The average Bonchev–Trinajstić information content (AvgIpc) is 2.76. The van der Waals surface area contributed by atoms with E-state index in [4.69, 9.17) is 0 Å². The summed E-state index contributed by atoms with van der Waals surface area (Å²) in [4.78, 5) is 0.327. The summed E-state index contributed by atoms with van der Waals surface area (Å²) in [5.74, 6) is 0. The molecule has 0 aliphatic heterocycles. The highest BCUT2D eigenvalue weighted by Gasteiger charge is 2.17. The average molecular weight is 307 g/mol. The maximum absolute atomic E-state index is 12.4. The van der Waals surface area contributed by atoms with Gasteiger partial charge in [0, 0.05) is 24.3 Å². The second-order valence-corrected chi connectivity index (χ2v) is 6.90. The molecule has 0 saturated carbocycles. The van der Waals surface area contributed by atoms with Crippen LogP contribution < -0.4 is 4.72 Å². The lowest BCUT2D eigenvalue weighted by Crippen LogP contribution is -2.24. The molecule has 0 aliphatic rings. The summed E-state index contributed by atoms with van der Waals surface area (Å²) in [6.45, 7) is 8.72. The van der Waals surface area contributed by atoms with Crippen LogP contribution in [-0.4, -0.2) is 18.2 Å². The minimum absolute atomic E-state index is 0.251. The predicted octanol–water partition coefficient (Wildman–Crippen LogP) is 2.31. The molecule has 0 spiro atoms. The quantitative estimate of drug-likeness (QED) is 0.922. The molecular formula is C15H21N3O2S. The molecule has 6 heteroatoms. The Balaban J connectivity index is 2.19. The number of rotatable bonds is 5. The lowest BCUT2D eigenvalue weighted by Gasteiger charge is -2.10. The number of nitrogens with zero attached hydrogens (tertiary/aromatic N) is 2. The number of aromatic nitrogens is 2. The molecule has 0 aliphatic carbocycles. The van der Waals surface area contributed by atoms with Crippen LogP contribution in [-0.2, 0) is 23.1 Å². The van der Waals surface area contributed by atoms with Gasteiger partial charge in [-0.2, -0.15) is 5.10 Å². The van der Waals surface area contributed by atoms with Crippen molar-refractivity contribution in [2.24, 2.45) is 0 Å². The number of benzene rings is 1. The van der Waals surface area contributed by atoms with E-state index < -0.39 is 10.0 Å². The number of hydrogen-bond acceptors (Lipinski definition) is 3. The molecule has 0 saturated heterocycles. The van der Waals surface area contributed by atoms with E-state index in [9.17, 15) is 8.42 Å². The van der Waals surface area contributed by atoms with Gasteiger partial charge < -0.3 is 0 Å². The molecular weight excluding hydrogens is 286 g/mol. The molecule has 5 nitrogen and oxygen atoms in total. The predicted molar refractivity (Wildman–Crippen MR) is 82.6 cm³/mol. The highest BCUT2D eigenvalue weighted by atomic mass is 32.2. The summed E-state index contributed by atoms with van der Waals surface area (Å²) in [7, 11) is -3.51. The Morgan fingerprint density at radius 2 is 1.95 bits per heavy atom. The smallest absolute Gasteiger partial charge is 0.241 e. The first-order valence-corrected chi connectivity index (χ1v) is 8.41. The zero-order chi connectivity index (χ0) is 15.6. The Morgan fingerprint density at radius 3 is 2.52 bits per heavy atom. The van der Waals surface area contributed by atoms with Gasteiger partial charge in [0.2, 0.25) is 10.0 Å². The highest BCUT2D eigenvalue weighted by molar-refractivity contribution is 7.89. The molecule has 0 bridgehead atoms. The summed E-state index contributed by atoms with van der Waals surface area (Å²) in [6.07, 6.45) is 1.71. The molecule has 0 radical (unpaired) electrons. The number of sulfonamides is 1. The molecule has 2 aromatic rings. The van der Waals surface area contributed by atoms with Crippen LogP contribution >= 0.6 is 0 Å². The Labute approximate surface area is 126 Å². The van der Waals surface area contributed by atoms with Crippen LogP contribution in [0.1, 0.15) is 29.3 Å². The van der Waals surface area contributed by atoms with Crippen molar-refractivity contribution < 1.29 is 8.42 Å². The van der Waals surface area contributed by atoms with Gasteiger partial charge in [-0.05, 0) is 39.3 Å². The molecule has 1 aromatic carbocycles. The molecule has 1 heterocycles. The van der Waals surface area contributed by atoms with Crippen molar-refractivity contribution >= 4 is 10.0 Å². The number of hydrogen-bond donors (Lipinski definition) is 1. The van der Waals surface area contributed by atoms with Gasteiger partial charge >= 0.3 is 0 Å². The van der Waals surface area contributed by atoms with Crippen LogP contribution in [0.2, 0.25) is 0 Å². The zero-order valence-corrected chi connectivity index (χ0v) is 13.7. The summed E-state index contributed by atoms with van der Waals surface area (Å²) in [6, 6.07) is 5.33. The normalized spacial score (nSPS) is 11.8. The molecule has 1 aromatic heterocycles. The van der Waals surface area contributed by atoms with Crippen molar-refractivity contribution in [1.82, 2.24) is 14.5 Å². The van der Waals surface area contributed by atoms with Crippen molar-refractivity contribution in [3.05, 3.63) is 46.8 Å².